The molecule has 0 spiro atoms. The van der Waals surface area contributed by atoms with E-state index in [2.05, 4.69) is 19.2 Å². The highest BCUT2D eigenvalue weighted by atomic mass is 16.7. The average molecular weight is 418 g/mol. The van der Waals surface area contributed by atoms with Crippen molar-refractivity contribution in [2.45, 2.75) is 53.1 Å². The molecule has 1 fully saturated rings. The molecule has 7 nitrogen and oxygen atoms in total. The van der Waals surface area contributed by atoms with E-state index < -0.39 is 11.7 Å². The van der Waals surface area contributed by atoms with Crippen LogP contribution in [0.15, 0.2) is 39.5 Å². The van der Waals surface area contributed by atoms with Gasteiger partial charge in [0.25, 0.3) is 0 Å². The average Bonchev–Trinajstić information content (AvgIpc) is 2.69. The lowest BCUT2D eigenvalue weighted by molar-refractivity contribution is -0.227. The van der Waals surface area contributed by atoms with Crippen molar-refractivity contribution >= 4 is 22.6 Å². The Kier molecular flexibility index (Phi) is 6.53. The van der Waals surface area contributed by atoms with Gasteiger partial charge in [-0.25, -0.2) is 4.79 Å². The standard InChI is InChI=1S/C23H31NO6/c1-13-14(2)20(21(27-6)30-18(13)12-28-22(26)23(3,4)5)24-16-9-7-15-8-10-19(25)29-17(15)11-16/h7-11,13-14,18,20-21,24H,12H2,1-6H3/t13-,14-,18?,20?,21-/m0/s1. The maximum atomic E-state index is 12.1. The summed E-state index contributed by atoms with van der Waals surface area (Å²) in [4.78, 5) is 23.7. The lowest BCUT2D eigenvalue weighted by Gasteiger charge is -2.44. The monoisotopic (exact) mass is 417 g/mol. The van der Waals surface area contributed by atoms with Crippen molar-refractivity contribution in [1.29, 1.82) is 0 Å². The number of hydrogen-bond acceptors (Lipinski definition) is 7. The van der Waals surface area contributed by atoms with Crippen molar-refractivity contribution in [2.24, 2.45) is 17.3 Å². The van der Waals surface area contributed by atoms with E-state index in [1.807, 2.05) is 32.9 Å². The summed E-state index contributed by atoms with van der Waals surface area (Å²) >= 11 is 0. The second kappa shape index (κ2) is 8.78. The lowest BCUT2D eigenvalue weighted by Crippen LogP contribution is -2.54. The maximum Gasteiger partial charge on any atom is 0.336 e. The zero-order valence-corrected chi connectivity index (χ0v) is 18.4. The van der Waals surface area contributed by atoms with Gasteiger partial charge in [-0.15, -0.1) is 0 Å². The molecule has 0 saturated carbocycles. The van der Waals surface area contributed by atoms with Gasteiger partial charge in [-0.1, -0.05) is 13.8 Å². The van der Waals surface area contributed by atoms with E-state index in [0.717, 1.165) is 11.1 Å². The van der Waals surface area contributed by atoms with Gasteiger partial charge in [-0.2, -0.15) is 0 Å². The lowest BCUT2D eigenvalue weighted by atomic mass is 9.82. The molecule has 0 amide bonds. The molecule has 1 aromatic carbocycles. The normalized spacial score (nSPS) is 27.1. The van der Waals surface area contributed by atoms with Crippen molar-refractivity contribution in [3.05, 3.63) is 40.8 Å². The van der Waals surface area contributed by atoms with Crippen LogP contribution in [0, 0.1) is 17.3 Å². The second-order valence-corrected chi connectivity index (χ2v) is 9.02. The molecular formula is C23H31NO6. The fourth-order valence-electron chi connectivity index (χ4n) is 3.60. The number of esters is 1. The Morgan fingerprint density at radius 2 is 1.83 bits per heavy atom. The summed E-state index contributed by atoms with van der Waals surface area (Å²) in [7, 11) is 1.60. The minimum Gasteiger partial charge on any atom is -0.463 e. The summed E-state index contributed by atoms with van der Waals surface area (Å²) in [6, 6.07) is 8.64. The van der Waals surface area contributed by atoms with Gasteiger partial charge >= 0.3 is 11.6 Å². The Bertz CT molecular complexity index is 945. The fourth-order valence-corrected chi connectivity index (χ4v) is 3.60. The number of ether oxygens (including phenoxy) is 3. The van der Waals surface area contributed by atoms with Gasteiger partial charge in [-0.05, 0) is 50.8 Å². The highest BCUT2D eigenvalue weighted by Gasteiger charge is 2.42. The van der Waals surface area contributed by atoms with E-state index in [1.54, 1.807) is 19.2 Å². The number of anilines is 1. The third kappa shape index (κ3) is 4.84. The molecule has 1 N–H and O–H groups in total. The van der Waals surface area contributed by atoms with E-state index in [-0.39, 0.29) is 42.2 Å². The number of nitrogens with one attached hydrogen (secondary N) is 1. The Morgan fingerprint density at radius 1 is 1.13 bits per heavy atom. The molecule has 2 unspecified atom stereocenters. The minimum absolute atomic E-state index is 0.125. The number of methoxy groups -OCH3 is 1. The predicted octanol–water partition coefficient (Wildman–Crippen LogP) is 3.81. The number of rotatable bonds is 5. The molecule has 0 aliphatic carbocycles. The largest absolute Gasteiger partial charge is 0.463 e. The Labute approximate surface area is 176 Å². The molecule has 0 radical (unpaired) electrons. The van der Waals surface area contributed by atoms with Crippen LogP contribution in [0.5, 0.6) is 0 Å². The maximum absolute atomic E-state index is 12.1. The fraction of sp³-hybridized carbons (Fsp3) is 0.565. The van der Waals surface area contributed by atoms with Gasteiger partial charge in [-0.3, -0.25) is 4.79 Å². The second-order valence-electron chi connectivity index (χ2n) is 9.02. The van der Waals surface area contributed by atoms with Crippen molar-refractivity contribution in [2.75, 3.05) is 19.0 Å². The minimum atomic E-state index is -0.556. The van der Waals surface area contributed by atoms with Gasteiger partial charge in [0.05, 0.1) is 17.6 Å². The smallest absolute Gasteiger partial charge is 0.336 e. The summed E-state index contributed by atoms with van der Waals surface area (Å²) in [5, 5.41) is 4.32. The van der Waals surface area contributed by atoms with Crippen LogP contribution in [-0.2, 0) is 19.0 Å². The van der Waals surface area contributed by atoms with Crippen LogP contribution in [0.4, 0.5) is 5.69 Å². The molecule has 30 heavy (non-hydrogen) atoms. The van der Waals surface area contributed by atoms with Crippen molar-refractivity contribution in [3.8, 4) is 0 Å². The molecule has 7 heteroatoms. The Morgan fingerprint density at radius 3 is 2.50 bits per heavy atom. The number of carbonyl (C=O) groups is 1. The van der Waals surface area contributed by atoms with E-state index in [9.17, 15) is 9.59 Å². The molecule has 5 atom stereocenters. The van der Waals surface area contributed by atoms with Crippen LogP contribution in [-0.4, -0.2) is 38.1 Å². The third-order valence-electron chi connectivity index (χ3n) is 5.76. The zero-order valence-electron chi connectivity index (χ0n) is 18.4. The Hall–Kier alpha value is -2.38. The highest BCUT2D eigenvalue weighted by Crippen LogP contribution is 2.34. The van der Waals surface area contributed by atoms with E-state index in [4.69, 9.17) is 18.6 Å². The highest BCUT2D eigenvalue weighted by molar-refractivity contribution is 5.80. The summed E-state index contributed by atoms with van der Waals surface area (Å²) in [6.07, 6.45) is -0.781. The van der Waals surface area contributed by atoms with Crippen molar-refractivity contribution in [1.82, 2.24) is 0 Å². The van der Waals surface area contributed by atoms with Gasteiger partial charge in [0.2, 0.25) is 0 Å². The van der Waals surface area contributed by atoms with E-state index in [1.165, 1.54) is 6.07 Å². The SMILES string of the molecule is CO[C@H]1OC(COC(=O)C(C)(C)C)[C@@H](C)[C@H](C)C1Nc1ccc2ccc(=O)oc2c1. The van der Waals surface area contributed by atoms with Crippen LogP contribution >= 0.6 is 0 Å². The number of benzene rings is 1. The van der Waals surface area contributed by atoms with Crippen LogP contribution in [0.25, 0.3) is 11.0 Å². The number of hydrogen-bond donors (Lipinski definition) is 1. The van der Waals surface area contributed by atoms with Gasteiger partial charge < -0.3 is 23.9 Å². The first-order valence-corrected chi connectivity index (χ1v) is 10.3. The van der Waals surface area contributed by atoms with Crippen molar-refractivity contribution in [3.63, 3.8) is 0 Å². The third-order valence-corrected chi connectivity index (χ3v) is 5.76. The van der Waals surface area contributed by atoms with Gasteiger partial charge in [0, 0.05) is 30.3 Å². The molecule has 2 heterocycles. The summed E-state index contributed by atoms with van der Waals surface area (Å²) in [6.45, 7) is 9.87. The molecule has 164 valence electrons. The van der Waals surface area contributed by atoms with Crippen molar-refractivity contribution < 1.29 is 23.4 Å². The molecule has 1 aliphatic rings. The number of carbonyl (C=O) groups excluding carboxylic acids is 1. The zero-order chi connectivity index (χ0) is 22.1. The van der Waals surface area contributed by atoms with Crippen LogP contribution < -0.4 is 10.9 Å². The molecular weight excluding hydrogens is 386 g/mol. The summed E-state index contributed by atoms with van der Waals surface area (Å²) in [5.41, 5.74) is 0.388. The van der Waals surface area contributed by atoms with Gasteiger partial charge in [0.1, 0.15) is 12.2 Å². The summed E-state index contributed by atoms with van der Waals surface area (Å²) < 4.78 is 22.5. The first-order chi connectivity index (χ1) is 14.1. The predicted molar refractivity (Wildman–Crippen MR) is 114 cm³/mol. The Balaban J connectivity index is 1.73. The van der Waals surface area contributed by atoms with Crippen LogP contribution in [0.3, 0.4) is 0 Å². The quantitative estimate of drug-likeness (QED) is 0.585. The molecule has 1 aromatic heterocycles. The molecule has 1 saturated heterocycles. The molecule has 2 aromatic rings. The van der Waals surface area contributed by atoms with E-state index >= 15 is 0 Å². The van der Waals surface area contributed by atoms with Crippen LogP contribution in [0.2, 0.25) is 0 Å². The van der Waals surface area contributed by atoms with E-state index in [0.29, 0.717) is 5.58 Å². The molecule has 3 rings (SSSR count). The summed E-state index contributed by atoms with van der Waals surface area (Å²) in [5.74, 6) is 0.0402. The number of fused-ring (bicyclic) bond motifs is 1. The molecule has 1 aliphatic heterocycles. The first-order valence-electron chi connectivity index (χ1n) is 10.3. The van der Waals surface area contributed by atoms with Crippen LogP contribution in [0.1, 0.15) is 34.6 Å². The topological polar surface area (TPSA) is 87.0 Å². The molecule has 0 bridgehead atoms. The first kappa shape index (κ1) is 22.3. The van der Waals surface area contributed by atoms with Gasteiger partial charge in [0.15, 0.2) is 6.29 Å².